The molecule has 31 heavy (non-hydrogen) atoms. The standard InChI is InChI=1S/C22H15ClF2N4O2/c23-15-5-12(24)7-26-21(15)14-6-19-17(29-10-27-28-22(14)29)3-1-13-16(25)2-4-18-20(13)11(8-30-18)9-31-19/h2,4-7,10-11H,1,3,8-9H2/t11-/m1/s1. The third-order valence-electron chi connectivity index (χ3n) is 5.86. The van der Waals surface area contributed by atoms with Crippen LogP contribution in [-0.2, 0) is 12.8 Å². The summed E-state index contributed by atoms with van der Waals surface area (Å²) in [6, 6.07) is 6.14. The molecule has 5 heterocycles. The summed E-state index contributed by atoms with van der Waals surface area (Å²) in [5.74, 6) is 0.484. The molecule has 0 spiro atoms. The second-order valence-corrected chi connectivity index (χ2v) is 8.04. The van der Waals surface area contributed by atoms with E-state index in [2.05, 4.69) is 15.2 Å². The van der Waals surface area contributed by atoms with E-state index in [4.69, 9.17) is 21.1 Å². The van der Waals surface area contributed by atoms with E-state index in [0.29, 0.717) is 60.0 Å². The molecule has 0 unspecified atom stereocenters. The minimum atomic E-state index is -0.526. The van der Waals surface area contributed by atoms with Gasteiger partial charge in [-0.15, -0.1) is 10.2 Å². The second-order valence-electron chi connectivity index (χ2n) is 7.63. The first-order valence-electron chi connectivity index (χ1n) is 9.84. The first-order valence-corrected chi connectivity index (χ1v) is 10.2. The normalized spacial score (nSPS) is 17.2. The van der Waals surface area contributed by atoms with Crippen molar-refractivity contribution in [2.45, 2.75) is 18.8 Å². The molecule has 6 rings (SSSR count). The lowest BCUT2D eigenvalue weighted by atomic mass is 9.93. The van der Waals surface area contributed by atoms with Crippen molar-refractivity contribution in [3.8, 4) is 22.8 Å². The first-order chi connectivity index (χ1) is 15.1. The molecule has 4 aromatic rings. The lowest BCUT2D eigenvalue weighted by Gasteiger charge is -2.16. The van der Waals surface area contributed by atoms with Crippen LogP contribution in [0.1, 0.15) is 22.7 Å². The molecule has 3 aromatic heterocycles. The van der Waals surface area contributed by atoms with Crippen molar-refractivity contribution in [1.29, 1.82) is 0 Å². The van der Waals surface area contributed by atoms with E-state index in [1.807, 2.05) is 0 Å². The van der Waals surface area contributed by atoms with E-state index in [1.54, 1.807) is 22.9 Å². The maximum absolute atomic E-state index is 14.7. The predicted molar refractivity (Wildman–Crippen MR) is 109 cm³/mol. The molecule has 2 aliphatic heterocycles. The molecule has 0 aliphatic carbocycles. The maximum atomic E-state index is 14.7. The van der Waals surface area contributed by atoms with Crippen molar-refractivity contribution in [1.82, 2.24) is 19.6 Å². The van der Waals surface area contributed by atoms with Gasteiger partial charge < -0.3 is 9.47 Å². The summed E-state index contributed by atoms with van der Waals surface area (Å²) in [6.07, 6.45) is 3.67. The fraction of sp³-hybridized carbons (Fsp3) is 0.227. The number of halogens is 3. The average Bonchev–Trinajstić information content (AvgIpc) is 3.40. The van der Waals surface area contributed by atoms with Crippen LogP contribution in [0.4, 0.5) is 8.78 Å². The summed E-state index contributed by atoms with van der Waals surface area (Å²) in [7, 11) is 0. The summed E-state index contributed by atoms with van der Waals surface area (Å²) >= 11 is 6.27. The number of ether oxygens (including phenoxy) is 2. The Morgan fingerprint density at radius 1 is 1.06 bits per heavy atom. The zero-order valence-corrected chi connectivity index (χ0v) is 16.9. The SMILES string of the molecule is Fc1cnc(-c2cc3c(n4cnnc24)CCc2c(F)ccc4c2[C@H](CO4)CO3)c(Cl)c1. The molecule has 1 aromatic carbocycles. The van der Waals surface area contributed by atoms with Gasteiger partial charge in [0, 0.05) is 5.56 Å². The smallest absolute Gasteiger partial charge is 0.170 e. The van der Waals surface area contributed by atoms with Gasteiger partial charge in [0.05, 0.1) is 47.3 Å². The number of rotatable bonds is 1. The highest BCUT2D eigenvalue weighted by Crippen LogP contribution is 2.41. The number of fused-ring (bicyclic) bond motifs is 3. The summed E-state index contributed by atoms with van der Waals surface area (Å²) in [5.41, 5.74) is 3.84. The predicted octanol–water partition coefficient (Wildman–Crippen LogP) is 4.38. The number of aromatic nitrogens is 4. The molecule has 0 N–H and O–H groups in total. The fourth-order valence-electron chi connectivity index (χ4n) is 4.45. The minimum absolute atomic E-state index is 0.0701. The van der Waals surface area contributed by atoms with E-state index in [0.717, 1.165) is 17.5 Å². The van der Waals surface area contributed by atoms with Crippen LogP contribution < -0.4 is 9.47 Å². The zero-order valence-electron chi connectivity index (χ0n) is 16.1. The minimum Gasteiger partial charge on any atom is -0.493 e. The Bertz CT molecular complexity index is 1360. The van der Waals surface area contributed by atoms with Crippen LogP contribution in [0.3, 0.4) is 0 Å². The van der Waals surface area contributed by atoms with Crippen molar-refractivity contribution >= 4 is 17.2 Å². The largest absolute Gasteiger partial charge is 0.493 e. The Morgan fingerprint density at radius 2 is 1.90 bits per heavy atom. The molecule has 2 aliphatic rings. The Hall–Kier alpha value is -3.26. The molecule has 0 bridgehead atoms. The van der Waals surface area contributed by atoms with Gasteiger partial charge in [-0.05, 0) is 42.7 Å². The Kier molecular flexibility index (Phi) is 4.11. The van der Waals surface area contributed by atoms with Gasteiger partial charge in [0.25, 0.3) is 0 Å². The molecule has 0 saturated carbocycles. The molecule has 0 amide bonds. The van der Waals surface area contributed by atoms with Gasteiger partial charge >= 0.3 is 0 Å². The average molecular weight is 441 g/mol. The molecule has 0 radical (unpaired) electrons. The van der Waals surface area contributed by atoms with Gasteiger partial charge in [0.15, 0.2) is 5.65 Å². The van der Waals surface area contributed by atoms with Crippen LogP contribution in [0.25, 0.3) is 16.9 Å². The molecule has 0 fully saturated rings. The first kappa shape index (κ1) is 18.5. The number of hydrogen-bond donors (Lipinski definition) is 0. The number of nitrogens with zero attached hydrogens (tertiary/aromatic N) is 4. The van der Waals surface area contributed by atoms with Crippen LogP contribution in [0.2, 0.25) is 5.02 Å². The van der Waals surface area contributed by atoms with E-state index < -0.39 is 5.82 Å². The highest BCUT2D eigenvalue weighted by molar-refractivity contribution is 6.33. The summed E-state index contributed by atoms with van der Waals surface area (Å²) < 4.78 is 42.0. The zero-order chi connectivity index (χ0) is 21.1. The molecule has 6 nitrogen and oxygen atoms in total. The van der Waals surface area contributed by atoms with Gasteiger partial charge in [0.2, 0.25) is 0 Å². The van der Waals surface area contributed by atoms with Gasteiger partial charge in [-0.1, -0.05) is 11.6 Å². The summed E-state index contributed by atoms with van der Waals surface area (Å²) in [6.45, 7) is 0.766. The van der Waals surface area contributed by atoms with Crippen LogP contribution in [0.5, 0.6) is 11.5 Å². The Morgan fingerprint density at radius 3 is 2.74 bits per heavy atom. The van der Waals surface area contributed by atoms with Gasteiger partial charge in [-0.3, -0.25) is 9.38 Å². The molecule has 156 valence electrons. The monoisotopic (exact) mass is 440 g/mol. The molecular formula is C22H15ClF2N4O2. The van der Waals surface area contributed by atoms with E-state index in [9.17, 15) is 8.78 Å². The van der Waals surface area contributed by atoms with Crippen molar-refractivity contribution in [2.75, 3.05) is 13.2 Å². The Labute approximate surface area is 180 Å². The van der Waals surface area contributed by atoms with Crippen molar-refractivity contribution < 1.29 is 18.3 Å². The van der Waals surface area contributed by atoms with Crippen LogP contribution in [0, 0.1) is 11.6 Å². The molecular weight excluding hydrogens is 426 g/mol. The fourth-order valence-corrected chi connectivity index (χ4v) is 4.71. The van der Waals surface area contributed by atoms with E-state index in [1.165, 1.54) is 12.1 Å². The Balaban J connectivity index is 1.53. The second kappa shape index (κ2) is 6.88. The molecule has 0 saturated heterocycles. The van der Waals surface area contributed by atoms with Gasteiger partial charge in [-0.2, -0.15) is 0 Å². The van der Waals surface area contributed by atoms with E-state index >= 15 is 0 Å². The number of hydrogen-bond acceptors (Lipinski definition) is 5. The van der Waals surface area contributed by atoms with Gasteiger partial charge in [-0.25, -0.2) is 8.78 Å². The highest BCUT2D eigenvalue weighted by atomic mass is 35.5. The lowest BCUT2D eigenvalue weighted by molar-refractivity contribution is 0.246. The molecule has 9 heteroatoms. The third kappa shape index (κ3) is 2.85. The number of benzene rings is 1. The topological polar surface area (TPSA) is 61.5 Å². The van der Waals surface area contributed by atoms with Crippen molar-refractivity contribution in [2.24, 2.45) is 0 Å². The number of pyridine rings is 2. The highest BCUT2D eigenvalue weighted by Gasteiger charge is 2.31. The third-order valence-corrected chi connectivity index (χ3v) is 6.15. The van der Waals surface area contributed by atoms with Crippen LogP contribution >= 0.6 is 11.6 Å². The number of aryl methyl sites for hydroxylation is 1. The summed E-state index contributed by atoms with van der Waals surface area (Å²) in [4.78, 5) is 4.16. The van der Waals surface area contributed by atoms with Crippen molar-refractivity contribution in [3.63, 3.8) is 0 Å². The van der Waals surface area contributed by atoms with Gasteiger partial charge in [0.1, 0.15) is 29.5 Å². The van der Waals surface area contributed by atoms with Crippen molar-refractivity contribution in [3.05, 3.63) is 70.3 Å². The lowest BCUT2D eigenvalue weighted by Crippen LogP contribution is -2.13. The molecule has 1 atom stereocenters. The van der Waals surface area contributed by atoms with Crippen LogP contribution in [-0.4, -0.2) is 32.8 Å². The summed E-state index contributed by atoms with van der Waals surface area (Å²) in [5, 5.41) is 8.42. The van der Waals surface area contributed by atoms with E-state index in [-0.39, 0.29) is 16.8 Å². The van der Waals surface area contributed by atoms with Crippen LogP contribution in [0.15, 0.2) is 36.8 Å². The maximum Gasteiger partial charge on any atom is 0.170 e. The quantitative estimate of drug-likeness (QED) is 0.439.